The molecule has 9 rings (SSSR count). The van der Waals surface area contributed by atoms with E-state index in [1.807, 2.05) is 18.2 Å². The van der Waals surface area contributed by atoms with Crippen molar-refractivity contribution in [2.75, 3.05) is 4.90 Å². The first-order chi connectivity index (χ1) is 21.3. The van der Waals surface area contributed by atoms with Crippen LogP contribution >= 0.6 is 0 Å². The molecular formula is C40H25NO2. The summed E-state index contributed by atoms with van der Waals surface area (Å²) in [4.78, 5) is 2.31. The van der Waals surface area contributed by atoms with Crippen LogP contribution in [-0.4, -0.2) is 0 Å². The normalized spacial score (nSPS) is 11.7. The molecule has 0 atom stereocenters. The summed E-state index contributed by atoms with van der Waals surface area (Å²) in [6.07, 6.45) is 0. The standard InChI is InChI=1S/C40H25NO2/c1-2-11-27(12-3-1)31-21-22-35(40-39(31)33-15-7-9-17-37(33)43-40)41(29-19-18-26-10-4-5-13-28(26)24-29)30-20-23-38-34(25-30)32-14-6-8-16-36(32)42-38/h1-25H. The van der Waals surface area contributed by atoms with Gasteiger partial charge in [0.05, 0.1) is 5.69 Å². The molecule has 3 nitrogen and oxygen atoms in total. The van der Waals surface area contributed by atoms with Crippen LogP contribution in [0.25, 0.3) is 65.8 Å². The SMILES string of the molecule is c1ccc(-c2ccc(N(c3ccc4ccccc4c3)c3ccc4oc5ccccc5c4c3)c3oc4ccccc4c23)cc1. The van der Waals surface area contributed by atoms with Crippen LogP contribution in [0.15, 0.2) is 160 Å². The van der Waals surface area contributed by atoms with E-state index >= 15 is 0 Å². The summed E-state index contributed by atoms with van der Waals surface area (Å²) in [7, 11) is 0. The third kappa shape index (κ3) is 3.75. The topological polar surface area (TPSA) is 29.5 Å². The van der Waals surface area contributed by atoms with Crippen molar-refractivity contribution in [3.8, 4) is 11.1 Å². The number of rotatable bonds is 4. The molecule has 0 N–H and O–H groups in total. The van der Waals surface area contributed by atoms with E-state index in [0.29, 0.717) is 0 Å². The first-order valence-corrected chi connectivity index (χ1v) is 14.5. The first-order valence-electron chi connectivity index (χ1n) is 14.5. The van der Waals surface area contributed by atoms with Crippen molar-refractivity contribution in [2.24, 2.45) is 0 Å². The third-order valence-electron chi connectivity index (χ3n) is 8.44. The minimum absolute atomic E-state index is 0.855. The molecule has 2 heterocycles. The Morgan fingerprint density at radius 2 is 1.07 bits per heavy atom. The zero-order valence-corrected chi connectivity index (χ0v) is 23.2. The number of nitrogens with zero attached hydrogens (tertiary/aromatic N) is 1. The largest absolute Gasteiger partial charge is 0.456 e. The predicted octanol–water partition coefficient (Wildman–Crippen LogP) is 11.8. The van der Waals surface area contributed by atoms with E-state index in [2.05, 4.69) is 138 Å². The summed E-state index contributed by atoms with van der Waals surface area (Å²) >= 11 is 0. The smallest absolute Gasteiger partial charge is 0.160 e. The molecule has 0 spiro atoms. The molecule has 2 aromatic heterocycles. The molecule has 0 unspecified atom stereocenters. The molecule has 202 valence electrons. The summed E-state index contributed by atoms with van der Waals surface area (Å²) in [6.45, 7) is 0. The Hall–Kier alpha value is -5.80. The predicted molar refractivity (Wildman–Crippen MR) is 179 cm³/mol. The van der Waals surface area contributed by atoms with Gasteiger partial charge in [-0.15, -0.1) is 0 Å². The van der Waals surface area contributed by atoms with Gasteiger partial charge in [-0.2, -0.15) is 0 Å². The lowest BCUT2D eigenvalue weighted by molar-refractivity contribution is 0.669. The van der Waals surface area contributed by atoms with Crippen molar-refractivity contribution in [2.45, 2.75) is 0 Å². The van der Waals surface area contributed by atoms with Gasteiger partial charge in [-0.05, 0) is 70.4 Å². The van der Waals surface area contributed by atoms with E-state index in [4.69, 9.17) is 8.83 Å². The lowest BCUT2D eigenvalue weighted by Gasteiger charge is -2.26. The number of benzene rings is 7. The lowest BCUT2D eigenvalue weighted by Crippen LogP contribution is -2.10. The second-order valence-corrected chi connectivity index (χ2v) is 10.9. The van der Waals surface area contributed by atoms with Gasteiger partial charge in [-0.1, -0.05) is 103 Å². The van der Waals surface area contributed by atoms with Gasteiger partial charge in [0.2, 0.25) is 0 Å². The number of anilines is 3. The highest BCUT2D eigenvalue weighted by Gasteiger charge is 2.23. The van der Waals surface area contributed by atoms with Gasteiger partial charge >= 0.3 is 0 Å². The van der Waals surface area contributed by atoms with Crippen LogP contribution in [0.3, 0.4) is 0 Å². The van der Waals surface area contributed by atoms with Crippen LogP contribution in [0.1, 0.15) is 0 Å². The van der Waals surface area contributed by atoms with Crippen LogP contribution in [0.2, 0.25) is 0 Å². The third-order valence-corrected chi connectivity index (χ3v) is 8.44. The summed E-state index contributed by atoms with van der Waals surface area (Å²) < 4.78 is 12.9. The van der Waals surface area contributed by atoms with Gasteiger partial charge in [0.25, 0.3) is 0 Å². The quantitative estimate of drug-likeness (QED) is 0.218. The maximum Gasteiger partial charge on any atom is 0.160 e. The molecule has 43 heavy (non-hydrogen) atoms. The fourth-order valence-corrected chi connectivity index (χ4v) is 6.45. The Labute approximate surface area is 247 Å². The number of hydrogen-bond donors (Lipinski definition) is 0. The maximum atomic E-state index is 6.74. The molecule has 0 fully saturated rings. The molecule has 7 aromatic carbocycles. The molecule has 0 aliphatic heterocycles. The van der Waals surface area contributed by atoms with E-state index < -0.39 is 0 Å². The molecular weight excluding hydrogens is 526 g/mol. The Bertz CT molecular complexity index is 2470. The summed E-state index contributed by atoms with van der Waals surface area (Å²) in [5.41, 5.74) is 8.87. The summed E-state index contributed by atoms with van der Waals surface area (Å²) in [5.74, 6) is 0. The average molecular weight is 552 g/mol. The number of fused-ring (bicyclic) bond motifs is 7. The number of para-hydroxylation sites is 2. The van der Waals surface area contributed by atoms with Crippen molar-refractivity contribution < 1.29 is 8.83 Å². The van der Waals surface area contributed by atoms with Crippen LogP contribution in [0.4, 0.5) is 17.1 Å². The van der Waals surface area contributed by atoms with Gasteiger partial charge in [0, 0.05) is 32.9 Å². The number of hydrogen-bond acceptors (Lipinski definition) is 3. The molecule has 0 bridgehead atoms. The van der Waals surface area contributed by atoms with Gasteiger partial charge < -0.3 is 13.7 Å². The van der Waals surface area contributed by atoms with Crippen molar-refractivity contribution in [1.82, 2.24) is 0 Å². The van der Waals surface area contributed by atoms with Gasteiger partial charge in [-0.3, -0.25) is 0 Å². The molecule has 0 saturated carbocycles. The molecule has 3 heteroatoms. The Balaban J connectivity index is 1.36. The highest BCUT2D eigenvalue weighted by molar-refractivity contribution is 6.17. The minimum atomic E-state index is 0.855. The van der Waals surface area contributed by atoms with E-state index in [1.165, 1.54) is 10.8 Å². The highest BCUT2D eigenvalue weighted by Crippen LogP contribution is 2.46. The minimum Gasteiger partial charge on any atom is -0.456 e. The Morgan fingerprint density at radius 3 is 1.93 bits per heavy atom. The number of furan rings is 2. The zero-order valence-electron chi connectivity index (χ0n) is 23.2. The van der Waals surface area contributed by atoms with Crippen molar-refractivity contribution >= 4 is 71.7 Å². The van der Waals surface area contributed by atoms with Gasteiger partial charge in [0.15, 0.2) is 5.58 Å². The first kappa shape index (κ1) is 23.9. The van der Waals surface area contributed by atoms with Crippen LogP contribution < -0.4 is 4.90 Å². The van der Waals surface area contributed by atoms with E-state index in [1.54, 1.807) is 0 Å². The monoisotopic (exact) mass is 551 g/mol. The van der Waals surface area contributed by atoms with Crippen LogP contribution in [0, 0.1) is 0 Å². The van der Waals surface area contributed by atoms with Crippen LogP contribution in [-0.2, 0) is 0 Å². The maximum absolute atomic E-state index is 6.74. The second kappa shape index (κ2) is 9.37. The zero-order chi connectivity index (χ0) is 28.3. The van der Waals surface area contributed by atoms with E-state index in [0.717, 1.165) is 72.1 Å². The average Bonchev–Trinajstić information content (AvgIpc) is 3.64. The van der Waals surface area contributed by atoms with E-state index in [9.17, 15) is 0 Å². The van der Waals surface area contributed by atoms with E-state index in [-0.39, 0.29) is 0 Å². The van der Waals surface area contributed by atoms with Crippen molar-refractivity contribution in [3.05, 3.63) is 152 Å². The van der Waals surface area contributed by atoms with Crippen molar-refractivity contribution in [3.63, 3.8) is 0 Å². The fourth-order valence-electron chi connectivity index (χ4n) is 6.45. The molecule has 0 amide bonds. The second-order valence-electron chi connectivity index (χ2n) is 10.9. The summed E-state index contributed by atoms with van der Waals surface area (Å²) in [5, 5.41) is 6.79. The van der Waals surface area contributed by atoms with Gasteiger partial charge in [-0.25, -0.2) is 0 Å². The Kier molecular flexibility index (Phi) is 5.20. The van der Waals surface area contributed by atoms with Crippen LogP contribution in [0.5, 0.6) is 0 Å². The van der Waals surface area contributed by atoms with Gasteiger partial charge in [0.1, 0.15) is 16.7 Å². The Morgan fingerprint density at radius 1 is 0.419 bits per heavy atom. The summed E-state index contributed by atoms with van der Waals surface area (Å²) in [6, 6.07) is 53.1. The molecule has 0 aliphatic rings. The lowest BCUT2D eigenvalue weighted by atomic mass is 9.98. The highest BCUT2D eigenvalue weighted by atomic mass is 16.3. The molecule has 0 aliphatic carbocycles. The van der Waals surface area contributed by atoms with Crippen molar-refractivity contribution in [1.29, 1.82) is 0 Å². The molecule has 0 saturated heterocycles. The fraction of sp³-hybridized carbons (Fsp3) is 0. The molecule has 9 aromatic rings. The molecule has 0 radical (unpaired) electrons.